The summed E-state index contributed by atoms with van der Waals surface area (Å²) in [6.45, 7) is 3.90. The van der Waals surface area contributed by atoms with Crippen molar-refractivity contribution in [1.82, 2.24) is 19.9 Å². The summed E-state index contributed by atoms with van der Waals surface area (Å²) in [7, 11) is 2.12. The van der Waals surface area contributed by atoms with Crippen LogP contribution in [0.1, 0.15) is 5.56 Å². The number of hydrogen-bond donors (Lipinski definition) is 2. The number of anilines is 5. The Morgan fingerprint density at radius 3 is 2.29 bits per heavy atom. The molecule has 0 bridgehead atoms. The van der Waals surface area contributed by atoms with Gasteiger partial charge >= 0.3 is 6.18 Å². The van der Waals surface area contributed by atoms with Gasteiger partial charge in [0.25, 0.3) is 0 Å². The van der Waals surface area contributed by atoms with Crippen LogP contribution in [0.25, 0.3) is 22.3 Å². The third kappa shape index (κ3) is 6.37. The first-order valence-corrected chi connectivity index (χ1v) is 14.4. The van der Waals surface area contributed by atoms with Crippen molar-refractivity contribution in [3.05, 3.63) is 95.4 Å². The quantitative estimate of drug-likeness (QED) is 0.204. The Hall–Kier alpha value is -4.48. The Morgan fingerprint density at radius 1 is 0.810 bits per heavy atom. The Balaban J connectivity index is 1.29. The van der Waals surface area contributed by atoms with Crippen molar-refractivity contribution < 1.29 is 13.2 Å². The van der Waals surface area contributed by atoms with Gasteiger partial charge in [0.2, 0.25) is 5.95 Å². The van der Waals surface area contributed by atoms with Gasteiger partial charge in [0.05, 0.1) is 5.56 Å². The minimum Gasteiger partial charge on any atom is -0.369 e. The Kier molecular flexibility index (Phi) is 7.77. The van der Waals surface area contributed by atoms with Crippen LogP contribution in [0, 0.1) is 0 Å². The molecule has 0 spiro atoms. The highest BCUT2D eigenvalue weighted by Gasteiger charge is 2.30. The number of rotatable bonds is 7. The zero-order valence-electron chi connectivity index (χ0n) is 22.8. The van der Waals surface area contributed by atoms with Crippen LogP contribution >= 0.6 is 11.3 Å². The summed E-state index contributed by atoms with van der Waals surface area (Å²) in [4.78, 5) is 18.3. The monoisotopic (exact) mass is 587 g/mol. The van der Waals surface area contributed by atoms with Gasteiger partial charge in [-0.05, 0) is 77.5 Å². The van der Waals surface area contributed by atoms with Gasteiger partial charge in [-0.1, -0.05) is 18.2 Å². The first-order chi connectivity index (χ1) is 20.3. The zero-order valence-corrected chi connectivity index (χ0v) is 23.6. The highest BCUT2D eigenvalue weighted by Crippen LogP contribution is 2.34. The van der Waals surface area contributed by atoms with Crippen LogP contribution < -0.4 is 15.5 Å². The Labute approximate surface area is 245 Å². The average molecular weight is 588 g/mol. The molecule has 3 aromatic heterocycles. The van der Waals surface area contributed by atoms with E-state index in [-0.39, 0.29) is 11.6 Å². The molecule has 11 heteroatoms. The van der Waals surface area contributed by atoms with E-state index in [9.17, 15) is 13.2 Å². The minimum absolute atomic E-state index is 0.262. The number of halogens is 3. The molecule has 0 amide bonds. The van der Waals surface area contributed by atoms with Crippen LogP contribution in [0.15, 0.2) is 89.9 Å². The third-order valence-corrected chi connectivity index (χ3v) is 7.83. The van der Waals surface area contributed by atoms with E-state index in [1.165, 1.54) is 6.07 Å². The molecule has 0 saturated carbocycles. The lowest BCUT2D eigenvalue weighted by Gasteiger charge is -2.34. The van der Waals surface area contributed by atoms with Crippen molar-refractivity contribution in [3.8, 4) is 22.3 Å². The van der Waals surface area contributed by atoms with E-state index in [2.05, 4.69) is 59.9 Å². The number of hydrogen-bond acceptors (Lipinski definition) is 8. The predicted molar refractivity (Wildman–Crippen MR) is 163 cm³/mol. The van der Waals surface area contributed by atoms with Crippen molar-refractivity contribution in [2.24, 2.45) is 0 Å². The lowest BCUT2D eigenvalue weighted by molar-refractivity contribution is -0.137. The number of likely N-dealkylation sites (N-methyl/N-ethyl adjacent to an activating group) is 1. The summed E-state index contributed by atoms with van der Waals surface area (Å²) in [5.74, 6) is 1.18. The maximum absolute atomic E-state index is 13.4. The Bertz CT molecular complexity index is 1630. The van der Waals surface area contributed by atoms with Gasteiger partial charge in [-0.25, -0.2) is 9.97 Å². The summed E-state index contributed by atoms with van der Waals surface area (Å²) in [6, 6.07) is 19.0. The molecule has 1 saturated heterocycles. The molecule has 0 unspecified atom stereocenters. The highest BCUT2D eigenvalue weighted by molar-refractivity contribution is 7.08. The number of thiophene rings is 1. The van der Waals surface area contributed by atoms with Gasteiger partial charge in [0.1, 0.15) is 11.6 Å². The number of pyridine rings is 1. The second-order valence-corrected chi connectivity index (χ2v) is 10.8. The van der Waals surface area contributed by atoms with Crippen molar-refractivity contribution >= 4 is 40.3 Å². The number of nitrogens with zero attached hydrogens (tertiary/aromatic N) is 5. The highest BCUT2D eigenvalue weighted by atomic mass is 32.1. The molecule has 42 heavy (non-hydrogen) atoms. The standard InChI is InChI=1S/C31H28F3N7S/c1-40-12-14-41(15-13-40)26-8-5-21(6-9-26)27-19-36-30(38-28-10-7-22(18-35-28)23-11-16-42-20-23)39-29(27)37-25-4-2-3-24(17-25)31(32,33)34/h2-11,16-20H,12-15H2,1H3,(H2,35,36,37,38,39). The van der Waals surface area contributed by atoms with Crippen LogP contribution in [-0.2, 0) is 6.18 Å². The summed E-state index contributed by atoms with van der Waals surface area (Å²) in [6.07, 6.45) is -1.03. The molecule has 0 aliphatic carbocycles. The molecule has 0 atom stereocenters. The topological polar surface area (TPSA) is 69.2 Å². The predicted octanol–water partition coefficient (Wildman–Crippen LogP) is 7.52. The molecular weight excluding hydrogens is 559 g/mol. The second-order valence-electron chi connectivity index (χ2n) is 10.1. The van der Waals surface area contributed by atoms with Crippen LogP contribution in [0.3, 0.4) is 0 Å². The van der Waals surface area contributed by atoms with Crippen molar-refractivity contribution in [3.63, 3.8) is 0 Å². The molecule has 4 heterocycles. The number of benzene rings is 2. The molecule has 1 aliphatic rings. The molecule has 5 aromatic rings. The third-order valence-electron chi connectivity index (χ3n) is 7.15. The Morgan fingerprint density at radius 2 is 1.60 bits per heavy atom. The second kappa shape index (κ2) is 11.8. The van der Waals surface area contributed by atoms with Crippen molar-refractivity contribution in [1.29, 1.82) is 0 Å². The summed E-state index contributed by atoms with van der Waals surface area (Å²) in [5.41, 5.74) is 4.22. The smallest absolute Gasteiger partial charge is 0.369 e. The van der Waals surface area contributed by atoms with Crippen LogP contribution in [0.4, 0.5) is 42.1 Å². The molecular formula is C31H28F3N7S. The van der Waals surface area contributed by atoms with Gasteiger partial charge in [0, 0.05) is 61.1 Å². The van der Waals surface area contributed by atoms with Crippen molar-refractivity contribution in [2.75, 3.05) is 48.8 Å². The molecule has 6 rings (SSSR count). The molecule has 2 N–H and O–H groups in total. The average Bonchev–Trinajstić information content (AvgIpc) is 3.53. The lowest BCUT2D eigenvalue weighted by atomic mass is 10.1. The fourth-order valence-electron chi connectivity index (χ4n) is 4.76. The van der Waals surface area contributed by atoms with Gasteiger partial charge in [-0.15, -0.1) is 0 Å². The van der Waals surface area contributed by atoms with E-state index < -0.39 is 11.7 Å². The van der Waals surface area contributed by atoms with E-state index >= 15 is 0 Å². The fourth-order valence-corrected chi connectivity index (χ4v) is 5.42. The van der Waals surface area contributed by atoms with Crippen molar-refractivity contribution in [2.45, 2.75) is 6.18 Å². The first-order valence-electron chi connectivity index (χ1n) is 13.4. The van der Waals surface area contributed by atoms with Crippen LogP contribution in [-0.4, -0.2) is 53.1 Å². The van der Waals surface area contributed by atoms with Gasteiger partial charge in [0.15, 0.2) is 0 Å². The molecule has 1 aliphatic heterocycles. The van der Waals surface area contributed by atoms with E-state index in [0.717, 1.165) is 60.7 Å². The van der Waals surface area contributed by atoms with Gasteiger partial charge < -0.3 is 20.4 Å². The van der Waals surface area contributed by atoms with Crippen LogP contribution in [0.5, 0.6) is 0 Å². The number of nitrogens with one attached hydrogen (secondary N) is 2. The zero-order chi connectivity index (χ0) is 29.1. The van der Waals surface area contributed by atoms with Gasteiger partial charge in [-0.2, -0.15) is 29.5 Å². The minimum atomic E-state index is -4.46. The fraction of sp³-hybridized carbons (Fsp3) is 0.194. The van der Waals surface area contributed by atoms with E-state index in [1.54, 1.807) is 29.8 Å². The lowest BCUT2D eigenvalue weighted by Crippen LogP contribution is -2.44. The first kappa shape index (κ1) is 27.7. The van der Waals surface area contributed by atoms with Crippen LogP contribution in [0.2, 0.25) is 0 Å². The molecule has 7 nitrogen and oxygen atoms in total. The number of piperazine rings is 1. The summed E-state index contributed by atoms with van der Waals surface area (Å²) >= 11 is 1.62. The van der Waals surface area contributed by atoms with E-state index in [0.29, 0.717) is 17.2 Å². The number of aromatic nitrogens is 3. The molecule has 0 radical (unpaired) electrons. The normalized spacial score (nSPS) is 14.1. The van der Waals surface area contributed by atoms with E-state index in [4.69, 9.17) is 0 Å². The number of alkyl halides is 3. The molecule has 214 valence electrons. The SMILES string of the molecule is CN1CCN(c2ccc(-c3cnc(Nc4ccc(-c5ccsc5)cn4)nc3Nc3cccc(C(F)(F)F)c3)cc2)CC1. The molecule has 1 fully saturated rings. The van der Waals surface area contributed by atoms with Gasteiger partial charge in [-0.3, -0.25) is 0 Å². The maximum atomic E-state index is 13.4. The molecule has 2 aromatic carbocycles. The summed E-state index contributed by atoms with van der Waals surface area (Å²) in [5, 5.41) is 10.3. The van der Waals surface area contributed by atoms with E-state index in [1.807, 2.05) is 35.7 Å². The maximum Gasteiger partial charge on any atom is 0.416 e. The summed E-state index contributed by atoms with van der Waals surface area (Å²) < 4.78 is 40.2. The largest absolute Gasteiger partial charge is 0.416 e.